The molecule has 0 N–H and O–H groups in total. The zero-order chi connectivity index (χ0) is 37.8. The number of hydrogen-bond acceptors (Lipinski definition) is 3. The zero-order valence-corrected chi connectivity index (χ0v) is 34.6. The summed E-state index contributed by atoms with van der Waals surface area (Å²) in [6, 6.07) is 29.1. The van der Waals surface area contributed by atoms with Crippen molar-refractivity contribution in [1.29, 1.82) is 0 Å². The highest BCUT2D eigenvalue weighted by molar-refractivity contribution is 6.99. The molecule has 4 aliphatic rings. The Bertz CT molecular complexity index is 2310. The molecule has 2 aliphatic heterocycles. The number of aryl methyl sites for hydroxylation is 1. The second kappa shape index (κ2) is 10.9. The summed E-state index contributed by atoms with van der Waals surface area (Å²) in [5.74, 6) is 0.741. The van der Waals surface area contributed by atoms with E-state index >= 15 is 0 Å². The van der Waals surface area contributed by atoms with Crippen molar-refractivity contribution in [3.63, 3.8) is 0 Å². The quantitative estimate of drug-likeness (QED) is 0.168. The van der Waals surface area contributed by atoms with Crippen LogP contribution in [-0.2, 0) is 16.2 Å². The van der Waals surface area contributed by atoms with Crippen molar-refractivity contribution in [2.45, 2.75) is 132 Å². The minimum absolute atomic E-state index is 0.0119. The minimum atomic E-state index is -0.0147. The van der Waals surface area contributed by atoms with E-state index in [0.29, 0.717) is 11.5 Å². The summed E-state index contributed by atoms with van der Waals surface area (Å²) < 4.78 is 7.25. The normalized spacial score (nSPS) is 23.1. The Morgan fingerprint density at radius 2 is 1.30 bits per heavy atom. The third kappa shape index (κ3) is 4.85. The molecule has 2 aliphatic carbocycles. The van der Waals surface area contributed by atoms with Gasteiger partial charge in [-0.3, -0.25) is 0 Å². The van der Waals surface area contributed by atoms with E-state index in [1.165, 1.54) is 86.3 Å². The topological polar surface area (TPSA) is 19.6 Å². The monoisotopic (exact) mass is 702 g/mol. The molecular formula is C49H59BN2O. The van der Waals surface area contributed by atoms with E-state index in [9.17, 15) is 0 Å². The van der Waals surface area contributed by atoms with Crippen LogP contribution in [0.1, 0.15) is 125 Å². The van der Waals surface area contributed by atoms with Crippen LogP contribution in [-0.4, -0.2) is 12.8 Å². The van der Waals surface area contributed by atoms with Crippen molar-refractivity contribution >= 4 is 62.7 Å². The SMILES string of the molecule is Cc1cc2c3c(c1)N(C1CC4CCC1(C)C4(C)C)c1ccc(C(C)(C)C)cc1B3c1oc3ccc(C(C)(C)C)cc3c1N2c1ccc(C(C)(C)C)cc1. The van der Waals surface area contributed by atoms with Crippen molar-refractivity contribution in [3.8, 4) is 0 Å². The minimum Gasteiger partial charge on any atom is -0.468 e. The average molecular weight is 703 g/mol. The molecule has 2 bridgehead atoms. The molecular weight excluding hydrogens is 643 g/mol. The van der Waals surface area contributed by atoms with Crippen LogP contribution in [0, 0.1) is 23.7 Å². The number of anilines is 5. The largest absolute Gasteiger partial charge is 0.468 e. The van der Waals surface area contributed by atoms with Crippen LogP contribution >= 0.6 is 0 Å². The molecule has 3 heterocycles. The van der Waals surface area contributed by atoms with Gasteiger partial charge in [-0.2, -0.15) is 0 Å². The van der Waals surface area contributed by atoms with Crippen LogP contribution < -0.4 is 26.4 Å². The zero-order valence-electron chi connectivity index (χ0n) is 34.6. The molecule has 2 fully saturated rings. The maximum Gasteiger partial charge on any atom is 0.297 e. The van der Waals surface area contributed by atoms with Crippen LogP contribution in [0.2, 0.25) is 0 Å². The van der Waals surface area contributed by atoms with Crippen molar-refractivity contribution in [2.75, 3.05) is 9.80 Å². The van der Waals surface area contributed by atoms with E-state index in [2.05, 4.69) is 173 Å². The predicted octanol–water partition coefficient (Wildman–Crippen LogP) is 11.6. The first-order valence-electron chi connectivity index (χ1n) is 20.3. The standard InChI is InChI=1S/C49H59BN2O/c1-29-24-38-42-39(25-29)52(41-28-33-22-23-49(41,13)48(33,11)12)37-20-16-32(47(8,9)10)27-36(37)50(42)44-43(35-26-31(46(5,6)7)17-21-40(35)53-44)51(38)34-18-14-30(15-19-34)45(2,3)4/h14-21,24-27,33,41H,22-23,28H2,1-13H3. The summed E-state index contributed by atoms with van der Waals surface area (Å²) in [4.78, 5) is 5.39. The summed E-state index contributed by atoms with van der Waals surface area (Å²) in [5.41, 5.74) is 17.2. The van der Waals surface area contributed by atoms with Gasteiger partial charge in [0.05, 0.1) is 11.3 Å². The fraction of sp³-hybridized carbons (Fsp3) is 0.469. The second-order valence-electron chi connectivity index (χ2n) is 21.1. The van der Waals surface area contributed by atoms with E-state index in [1.807, 2.05) is 0 Å². The molecule has 0 radical (unpaired) electrons. The van der Waals surface area contributed by atoms with Crippen LogP contribution in [0.15, 0.2) is 77.2 Å². The van der Waals surface area contributed by atoms with Crippen LogP contribution in [0.4, 0.5) is 28.4 Å². The molecule has 1 aromatic heterocycles. The Kier molecular flexibility index (Phi) is 7.14. The number of benzene rings is 4. The van der Waals surface area contributed by atoms with Gasteiger partial charge >= 0.3 is 0 Å². The number of nitrogens with zero attached hydrogens (tertiary/aromatic N) is 2. The van der Waals surface area contributed by atoms with E-state index in [0.717, 1.165) is 17.2 Å². The lowest BCUT2D eigenvalue weighted by Crippen LogP contribution is -2.63. The van der Waals surface area contributed by atoms with Gasteiger partial charge in [-0.25, -0.2) is 0 Å². The average Bonchev–Trinajstić information content (AvgIpc) is 3.62. The molecule has 9 rings (SSSR count). The first kappa shape index (κ1) is 34.8. The highest BCUT2D eigenvalue weighted by Crippen LogP contribution is 2.67. The van der Waals surface area contributed by atoms with Gasteiger partial charge in [0.15, 0.2) is 0 Å². The fourth-order valence-electron chi connectivity index (χ4n) is 10.9. The summed E-state index contributed by atoms with van der Waals surface area (Å²) in [5, 5.41) is 1.19. The van der Waals surface area contributed by atoms with Crippen molar-refractivity contribution < 1.29 is 4.42 Å². The van der Waals surface area contributed by atoms with Gasteiger partial charge in [0.1, 0.15) is 5.58 Å². The Labute approximate surface area is 319 Å². The maximum absolute atomic E-state index is 7.25. The summed E-state index contributed by atoms with van der Waals surface area (Å²) in [7, 11) is 0. The van der Waals surface area contributed by atoms with Crippen molar-refractivity contribution in [3.05, 3.63) is 95.1 Å². The fourth-order valence-corrected chi connectivity index (χ4v) is 10.9. The molecule has 0 amide bonds. The molecule has 5 aromatic rings. The molecule has 53 heavy (non-hydrogen) atoms. The van der Waals surface area contributed by atoms with Gasteiger partial charge in [-0.1, -0.05) is 113 Å². The lowest BCUT2D eigenvalue weighted by molar-refractivity contribution is 0.136. The lowest BCUT2D eigenvalue weighted by atomic mass is 9.35. The first-order valence-corrected chi connectivity index (χ1v) is 20.3. The third-order valence-electron chi connectivity index (χ3n) is 14.6. The van der Waals surface area contributed by atoms with Crippen molar-refractivity contribution in [1.82, 2.24) is 0 Å². The van der Waals surface area contributed by atoms with Gasteiger partial charge in [0.2, 0.25) is 0 Å². The summed E-state index contributed by atoms with van der Waals surface area (Å²) in [6.45, 7) is 30.9. The van der Waals surface area contributed by atoms with E-state index in [-0.39, 0.29) is 28.4 Å². The molecule has 2 saturated carbocycles. The Morgan fingerprint density at radius 1 is 0.698 bits per heavy atom. The number of furan rings is 1. The molecule has 0 spiro atoms. The molecule has 3 atom stereocenters. The van der Waals surface area contributed by atoms with Crippen molar-refractivity contribution in [2.24, 2.45) is 16.7 Å². The maximum atomic E-state index is 7.25. The summed E-state index contributed by atoms with van der Waals surface area (Å²) >= 11 is 0. The summed E-state index contributed by atoms with van der Waals surface area (Å²) in [6.07, 6.45) is 3.87. The third-order valence-corrected chi connectivity index (χ3v) is 14.6. The number of hydrogen-bond donors (Lipinski definition) is 0. The Balaban J connectivity index is 1.38. The smallest absolute Gasteiger partial charge is 0.297 e. The van der Waals surface area contributed by atoms with Crippen LogP contribution in [0.25, 0.3) is 11.0 Å². The van der Waals surface area contributed by atoms with Gasteiger partial charge in [0.25, 0.3) is 6.71 Å². The van der Waals surface area contributed by atoms with Crippen LogP contribution in [0.3, 0.4) is 0 Å². The molecule has 4 heteroatoms. The molecule has 0 saturated heterocycles. The van der Waals surface area contributed by atoms with Gasteiger partial charge < -0.3 is 14.2 Å². The highest BCUT2D eigenvalue weighted by Gasteiger charge is 2.64. The van der Waals surface area contributed by atoms with E-state index in [1.54, 1.807) is 0 Å². The van der Waals surface area contributed by atoms with Crippen LogP contribution in [0.5, 0.6) is 0 Å². The predicted molar refractivity (Wildman–Crippen MR) is 228 cm³/mol. The Morgan fingerprint density at radius 3 is 1.91 bits per heavy atom. The first-order chi connectivity index (χ1) is 24.7. The molecule has 4 aromatic carbocycles. The van der Waals surface area contributed by atoms with Gasteiger partial charge in [-0.15, -0.1) is 0 Å². The highest BCUT2D eigenvalue weighted by atomic mass is 16.3. The number of fused-ring (bicyclic) bond motifs is 8. The molecule has 274 valence electrons. The molecule has 3 nitrogen and oxygen atoms in total. The van der Waals surface area contributed by atoms with Gasteiger partial charge in [-0.05, 0) is 135 Å². The number of rotatable bonds is 2. The van der Waals surface area contributed by atoms with Gasteiger partial charge in [0, 0.05) is 34.2 Å². The molecule has 3 unspecified atom stereocenters. The van der Waals surface area contributed by atoms with E-state index in [4.69, 9.17) is 4.42 Å². The second-order valence-corrected chi connectivity index (χ2v) is 21.1. The van der Waals surface area contributed by atoms with E-state index < -0.39 is 0 Å². The lowest BCUT2D eigenvalue weighted by Gasteiger charge is -2.50. The Hall–Kier alpha value is -3.92.